The lowest BCUT2D eigenvalue weighted by Gasteiger charge is -2.39. The molecule has 0 spiro atoms. The van der Waals surface area contributed by atoms with Crippen LogP contribution in [0.25, 0.3) is 0 Å². The first-order chi connectivity index (χ1) is 21.4. The van der Waals surface area contributed by atoms with Crippen molar-refractivity contribution in [3.63, 3.8) is 0 Å². The van der Waals surface area contributed by atoms with E-state index >= 15 is 0 Å². The molecule has 8 heteroatoms. The Morgan fingerprint density at radius 2 is 1.59 bits per heavy atom. The molecule has 44 heavy (non-hydrogen) atoms. The quantitative estimate of drug-likeness (QED) is 0.167. The van der Waals surface area contributed by atoms with Gasteiger partial charge in [0.05, 0.1) is 24.9 Å². The van der Waals surface area contributed by atoms with Crippen molar-refractivity contribution < 1.29 is 24.5 Å². The van der Waals surface area contributed by atoms with Crippen LogP contribution in [0.5, 0.6) is 0 Å². The van der Waals surface area contributed by atoms with E-state index in [9.17, 15) is 15.0 Å². The van der Waals surface area contributed by atoms with E-state index in [-0.39, 0.29) is 30.9 Å². The number of hydrogen-bond donors (Lipinski definition) is 4. The number of anilines is 1. The minimum Gasteiger partial charge on any atom is -0.392 e. The lowest BCUT2D eigenvalue weighted by atomic mass is 9.98. The number of carbonyl (C=O) groups excluding carboxylic acids is 1. The normalized spacial score (nSPS) is 19.7. The highest BCUT2D eigenvalue weighted by molar-refractivity contribution is 5.89. The second-order valence-electron chi connectivity index (χ2n) is 11.3. The van der Waals surface area contributed by atoms with Crippen molar-refractivity contribution in [2.75, 3.05) is 18.9 Å². The van der Waals surface area contributed by atoms with E-state index in [1.54, 1.807) is 0 Å². The van der Waals surface area contributed by atoms with Gasteiger partial charge in [-0.1, -0.05) is 97.1 Å². The highest BCUT2D eigenvalue weighted by atomic mass is 16.7. The van der Waals surface area contributed by atoms with E-state index in [0.29, 0.717) is 25.2 Å². The first-order valence-electron chi connectivity index (χ1n) is 15.0. The van der Waals surface area contributed by atoms with E-state index in [2.05, 4.69) is 15.5 Å². The van der Waals surface area contributed by atoms with E-state index < -0.39 is 12.4 Å². The Balaban J connectivity index is 1.30. The van der Waals surface area contributed by atoms with Gasteiger partial charge >= 0.3 is 6.03 Å². The van der Waals surface area contributed by atoms with Crippen LogP contribution >= 0.6 is 0 Å². The van der Waals surface area contributed by atoms with Gasteiger partial charge in [0.2, 0.25) is 0 Å². The number of aliphatic hydroxyl groups is 2. The Morgan fingerprint density at radius 3 is 2.30 bits per heavy atom. The van der Waals surface area contributed by atoms with E-state index in [4.69, 9.17) is 9.47 Å². The van der Waals surface area contributed by atoms with E-state index in [1.165, 1.54) is 0 Å². The van der Waals surface area contributed by atoms with Gasteiger partial charge in [0.1, 0.15) is 0 Å². The third-order valence-corrected chi connectivity index (χ3v) is 8.11. The van der Waals surface area contributed by atoms with Gasteiger partial charge in [-0.25, -0.2) is 4.79 Å². The summed E-state index contributed by atoms with van der Waals surface area (Å²) in [6, 6.07) is 34.2. The summed E-state index contributed by atoms with van der Waals surface area (Å²) < 4.78 is 13.0. The SMILES string of the molecule is C[C@@H]([C@H](O)c1ccccc1)N(C)C[C@@H]1C[C@H](c2ccc(CO)cc2)O[C@H](c2cccc(NC(=O)NCc3ccccc3)c2)O1. The largest absolute Gasteiger partial charge is 0.392 e. The van der Waals surface area contributed by atoms with Gasteiger partial charge in [0, 0.05) is 36.8 Å². The number of hydrogen-bond acceptors (Lipinski definition) is 6. The fraction of sp³-hybridized carbons (Fsp3) is 0.306. The molecule has 1 saturated heterocycles. The van der Waals surface area contributed by atoms with Crippen LogP contribution in [0.2, 0.25) is 0 Å². The first kappa shape index (κ1) is 31.4. The van der Waals surface area contributed by atoms with Gasteiger partial charge in [0.15, 0.2) is 6.29 Å². The molecule has 5 rings (SSSR count). The van der Waals surface area contributed by atoms with Crippen molar-refractivity contribution in [2.24, 2.45) is 0 Å². The Hall–Kier alpha value is -4.05. The monoisotopic (exact) mass is 595 g/mol. The summed E-state index contributed by atoms with van der Waals surface area (Å²) in [6.07, 6.45) is -1.15. The van der Waals surface area contributed by atoms with E-state index in [1.807, 2.05) is 123 Å². The molecule has 0 bridgehead atoms. The molecule has 1 fully saturated rings. The number of carbonyl (C=O) groups is 1. The minimum absolute atomic E-state index is 0.0225. The van der Waals surface area contributed by atoms with Crippen LogP contribution in [0.4, 0.5) is 10.5 Å². The summed E-state index contributed by atoms with van der Waals surface area (Å²) in [5.41, 5.74) is 5.13. The Morgan fingerprint density at radius 1 is 0.886 bits per heavy atom. The topological polar surface area (TPSA) is 103 Å². The summed E-state index contributed by atoms with van der Waals surface area (Å²) in [5, 5.41) is 26.4. The third-order valence-electron chi connectivity index (χ3n) is 8.11. The molecule has 230 valence electrons. The molecule has 4 aromatic rings. The minimum atomic E-state index is -0.673. The standard InChI is InChI=1S/C36H41N3O5/c1-25(34(41)29-12-7-4-8-13-29)39(2)23-32-21-33(28-18-16-27(24-40)17-19-28)44-35(43-32)30-14-9-15-31(20-30)38-36(42)37-22-26-10-5-3-6-11-26/h3-20,25,32-35,40-41H,21-24H2,1-2H3,(H2,37,38,42)/t25-,32-,33+,34-,35+/m0/s1. The number of amides is 2. The second-order valence-corrected chi connectivity index (χ2v) is 11.3. The predicted molar refractivity (Wildman–Crippen MR) is 171 cm³/mol. The van der Waals surface area contributed by atoms with Gasteiger partial charge in [-0.3, -0.25) is 4.90 Å². The number of ether oxygens (including phenoxy) is 2. The zero-order chi connectivity index (χ0) is 30.9. The smallest absolute Gasteiger partial charge is 0.319 e. The van der Waals surface area contributed by atoms with Crippen molar-refractivity contribution in [3.8, 4) is 0 Å². The average Bonchev–Trinajstić information content (AvgIpc) is 3.07. The molecule has 0 radical (unpaired) electrons. The van der Waals surface area contributed by atoms with Gasteiger partial charge in [-0.05, 0) is 48.4 Å². The molecule has 2 amide bonds. The lowest BCUT2D eigenvalue weighted by molar-refractivity contribution is -0.253. The molecule has 8 nitrogen and oxygen atoms in total. The molecular weight excluding hydrogens is 554 g/mol. The summed E-state index contributed by atoms with van der Waals surface area (Å²) in [7, 11) is 1.99. The van der Waals surface area contributed by atoms with Crippen LogP contribution in [0.1, 0.15) is 59.7 Å². The van der Waals surface area contributed by atoms with Crippen molar-refractivity contribution >= 4 is 11.7 Å². The molecule has 0 unspecified atom stereocenters. The number of nitrogens with one attached hydrogen (secondary N) is 2. The Kier molecular flexibility index (Phi) is 10.8. The molecule has 1 heterocycles. The predicted octanol–water partition coefficient (Wildman–Crippen LogP) is 6.10. The second kappa shape index (κ2) is 15.1. The van der Waals surface area contributed by atoms with Crippen LogP contribution < -0.4 is 10.6 Å². The fourth-order valence-electron chi connectivity index (χ4n) is 5.41. The van der Waals surface area contributed by atoms with Gasteiger partial charge in [-0.15, -0.1) is 0 Å². The van der Waals surface area contributed by atoms with E-state index in [0.717, 1.165) is 27.8 Å². The summed E-state index contributed by atoms with van der Waals surface area (Å²) in [4.78, 5) is 14.7. The molecule has 4 aromatic carbocycles. The maximum absolute atomic E-state index is 12.6. The van der Waals surface area contributed by atoms with Gasteiger partial charge in [-0.2, -0.15) is 0 Å². The van der Waals surface area contributed by atoms with Crippen LogP contribution in [0.3, 0.4) is 0 Å². The molecule has 1 aliphatic rings. The number of likely N-dealkylation sites (N-methyl/N-ethyl adjacent to an activating group) is 1. The van der Waals surface area contributed by atoms with Crippen molar-refractivity contribution in [2.45, 2.75) is 57.1 Å². The van der Waals surface area contributed by atoms with Gasteiger partial charge in [0.25, 0.3) is 0 Å². The summed E-state index contributed by atoms with van der Waals surface area (Å²) >= 11 is 0. The number of rotatable bonds is 11. The first-order valence-corrected chi connectivity index (χ1v) is 15.0. The van der Waals surface area contributed by atoms with Crippen molar-refractivity contribution in [1.82, 2.24) is 10.2 Å². The molecule has 0 aromatic heterocycles. The molecule has 0 aliphatic carbocycles. The lowest BCUT2D eigenvalue weighted by Crippen LogP contribution is -2.43. The highest BCUT2D eigenvalue weighted by Crippen LogP contribution is 2.39. The number of benzene rings is 4. The summed E-state index contributed by atoms with van der Waals surface area (Å²) in [5.74, 6) is 0. The molecule has 4 N–H and O–H groups in total. The molecule has 5 atom stereocenters. The molecule has 1 aliphatic heterocycles. The van der Waals surface area contributed by atoms with Crippen LogP contribution in [-0.4, -0.2) is 46.9 Å². The van der Waals surface area contributed by atoms with Crippen LogP contribution in [0, 0.1) is 0 Å². The van der Waals surface area contributed by atoms with Crippen LogP contribution in [0.15, 0.2) is 109 Å². The Bertz CT molecular complexity index is 1470. The average molecular weight is 596 g/mol. The zero-order valence-corrected chi connectivity index (χ0v) is 25.2. The number of nitrogens with zero attached hydrogens (tertiary/aromatic N) is 1. The molecule has 0 saturated carbocycles. The fourth-order valence-corrected chi connectivity index (χ4v) is 5.41. The maximum Gasteiger partial charge on any atom is 0.319 e. The third kappa shape index (κ3) is 8.31. The highest BCUT2D eigenvalue weighted by Gasteiger charge is 2.34. The molecular formula is C36H41N3O5. The Labute approximate surface area is 259 Å². The van der Waals surface area contributed by atoms with Crippen molar-refractivity contribution in [1.29, 1.82) is 0 Å². The summed E-state index contributed by atoms with van der Waals surface area (Å²) in [6.45, 7) is 2.99. The number of aliphatic hydroxyl groups excluding tert-OH is 2. The maximum atomic E-state index is 12.6. The van der Waals surface area contributed by atoms with Crippen LogP contribution in [-0.2, 0) is 22.6 Å². The number of urea groups is 1. The van der Waals surface area contributed by atoms with Gasteiger partial charge < -0.3 is 30.3 Å². The zero-order valence-electron chi connectivity index (χ0n) is 25.2. The van der Waals surface area contributed by atoms with Crippen molar-refractivity contribution in [3.05, 3.63) is 137 Å².